The Kier molecular flexibility index (Phi) is 4.27. The number of anilines is 4. The summed E-state index contributed by atoms with van der Waals surface area (Å²) < 4.78 is 28.3. The molecule has 3 N–H and O–H groups in total. The standard InChI is InChI=1S/C22H24F2N8O/c23-22(24)11-31(12-22)20-29-17(10-18-26-13-27-32(18)20)28-19(33)15-2-1-14(25)9-16(15)30-7-5-21(3-4-21)6-8-30/h1-2,9-10,13H,3-8,11-12,25H2,(H,28,33). The summed E-state index contributed by atoms with van der Waals surface area (Å²) in [6, 6.07) is 6.82. The summed E-state index contributed by atoms with van der Waals surface area (Å²) in [6.07, 6.45) is 6.17. The van der Waals surface area contributed by atoms with E-state index in [9.17, 15) is 13.6 Å². The van der Waals surface area contributed by atoms with E-state index < -0.39 is 19.0 Å². The van der Waals surface area contributed by atoms with Crippen LogP contribution in [0.4, 0.5) is 31.9 Å². The van der Waals surface area contributed by atoms with Crippen LogP contribution in [-0.2, 0) is 0 Å². The van der Waals surface area contributed by atoms with E-state index in [0.717, 1.165) is 31.6 Å². The molecule has 2 aliphatic heterocycles. The van der Waals surface area contributed by atoms with Gasteiger partial charge in [0, 0.05) is 24.8 Å². The second-order valence-corrected chi connectivity index (χ2v) is 9.40. The number of benzene rings is 1. The molecule has 3 aliphatic rings. The van der Waals surface area contributed by atoms with Crippen molar-refractivity contribution in [3.05, 3.63) is 36.2 Å². The molecule has 1 saturated carbocycles. The quantitative estimate of drug-likeness (QED) is 0.584. The lowest BCUT2D eigenvalue weighted by Gasteiger charge is -2.39. The van der Waals surface area contributed by atoms with Gasteiger partial charge in [0.15, 0.2) is 5.65 Å². The molecule has 33 heavy (non-hydrogen) atoms. The highest BCUT2D eigenvalue weighted by atomic mass is 19.3. The first-order valence-electron chi connectivity index (χ1n) is 11.1. The fraction of sp³-hybridized carbons (Fsp3) is 0.455. The highest BCUT2D eigenvalue weighted by Crippen LogP contribution is 2.54. The Morgan fingerprint density at radius 1 is 1.06 bits per heavy atom. The number of alkyl halides is 2. The van der Waals surface area contributed by atoms with E-state index in [4.69, 9.17) is 5.73 Å². The SMILES string of the molecule is Nc1ccc(C(=O)Nc2cc3ncnn3c(N3CC(F)(F)C3)n2)c(N2CCC3(CC2)CC3)c1. The lowest BCUT2D eigenvalue weighted by molar-refractivity contribution is -0.0273. The van der Waals surface area contributed by atoms with E-state index in [1.807, 2.05) is 6.07 Å². The Balaban J connectivity index is 1.28. The average Bonchev–Trinajstić information content (AvgIpc) is 3.34. The number of nitrogens with one attached hydrogen (secondary N) is 1. The fourth-order valence-corrected chi connectivity index (χ4v) is 4.82. The number of amides is 1. The molecular weight excluding hydrogens is 430 g/mol. The second-order valence-electron chi connectivity index (χ2n) is 9.40. The molecule has 1 aliphatic carbocycles. The van der Waals surface area contributed by atoms with Crippen molar-refractivity contribution in [1.82, 2.24) is 19.6 Å². The molecule has 1 spiro atoms. The van der Waals surface area contributed by atoms with Crippen LogP contribution < -0.4 is 20.9 Å². The Morgan fingerprint density at radius 3 is 2.52 bits per heavy atom. The second kappa shape index (κ2) is 7.00. The Labute approximate surface area is 188 Å². The van der Waals surface area contributed by atoms with Crippen molar-refractivity contribution in [2.24, 2.45) is 5.41 Å². The monoisotopic (exact) mass is 454 g/mol. The van der Waals surface area contributed by atoms with Gasteiger partial charge in [-0.05, 0) is 49.3 Å². The van der Waals surface area contributed by atoms with Crippen molar-refractivity contribution in [3.63, 3.8) is 0 Å². The van der Waals surface area contributed by atoms with Crippen LogP contribution in [0.25, 0.3) is 5.65 Å². The zero-order chi connectivity index (χ0) is 22.8. The number of aromatic nitrogens is 4. The van der Waals surface area contributed by atoms with Crippen molar-refractivity contribution in [3.8, 4) is 0 Å². The van der Waals surface area contributed by atoms with E-state index in [1.165, 1.54) is 28.6 Å². The number of fused-ring (bicyclic) bond motifs is 1. The van der Waals surface area contributed by atoms with Crippen LogP contribution in [0.5, 0.6) is 0 Å². The number of nitrogens with zero attached hydrogens (tertiary/aromatic N) is 6. The minimum Gasteiger partial charge on any atom is -0.399 e. The van der Waals surface area contributed by atoms with Crippen LogP contribution in [0.1, 0.15) is 36.0 Å². The summed E-state index contributed by atoms with van der Waals surface area (Å²) in [7, 11) is 0. The first kappa shape index (κ1) is 20.1. The van der Waals surface area contributed by atoms with Crippen molar-refractivity contribution in [2.45, 2.75) is 31.6 Å². The molecule has 4 heterocycles. The van der Waals surface area contributed by atoms with Gasteiger partial charge in [-0.1, -0.05) is 0 Å². The van der Waals surface area contributed by atoms with Crippen molar-refractivity contribution in [2.75, 3.05) is 47.0 Å². The largest absolute Gasteiger partial charge is 0.399 e. The van der Waals surface area contributed by atoms with Gasteiger partial charge in [-0.15, -0.1) is 0 Å². The van der Waals surface area contributed by atoms with Gasteiger partial charge in [-0.3, -0.25) is 4.79 Å². The maximum atomic E-state index is 13.4. The molecule has 3 aromatic rings. The molecule has 172 valence electrons. The minimum absolute atomic E-state index is 0.217. The van der Waals surface area contributed by atoms with E-state index >= 15 is 0 Å². The molecule has 1 aromatic carbocycles. The highest BCUT2D eigenvalue weighted by molar-refractivity contribution is 6.08. The molecule has 0 unspecified atom stereocenters. The number of nitrogen functional groups attached to an aromatic ring is 1. The highest BCUT2D eigenvalue weighted by Gasteiger charge is 2.46. The van der Waals surface area contributed by atoms with Gasteiger partial charge in [0.05, 0.1) is 24.3 Å². The van der Waals surface area contributed by atoms with Crippen molar-refractivity contribution in [1.29, 1.82) is 0 Å². The van der Waals surface area contributed by atoms with Gasteiger partial charge in [0.1, 0.15) is 12.1 Å². The Hall–Kier alpha value is -3.50. The zero-order valence-electron chi connectivity index (χ0n) is 18.0. The first-order valence-corrected chi connectivity index (χ1v) is 11.1. The molecule has 9 nitrogen and oxygen atoms in total. The van der Waals surface area contributed by atoms with Crippen LogP contribution in [0.15, 0.2) is 30.6 Å². The van der Waals surface area contributed by atoms with Crippen LogP contribution in [-0.4, -0.2) is 57.6 Å². The number of piperidine rings is 1. The third kappa shape index (κ3) is 3.61. The number of carbonyl (C=O) groups excluding carboxylic acids is 1. The van der Waals surface area contributed by atoms with Crippen LogP contribution in [0, 0.1) is 5.41 Å². The van der Waals surface area contributed by atoms with Gasteiger partial charge in [0.25, 0.3) is 11.8 Å². The van der Waals surface area contributed by atoms with Gasteiger partial charge < -0.3 is 20.9 Å². The molecular formula is C22H24F2N8O. The number of hydrogen-bond acceptors (Lipinski definition) is 7. The van der Waals surface area contributed by atoms with Crippen LogP contribution in [0.3, 0.4) is 0 Å². The average molecular weight is 454 g/mol. The molecule has 2 aromatic heterocycles. The molecule has 0 radical (unpaired) electrons. The predicted molar refractivity (Wildman–Crippen MR) is 120 cm³/mol. The van der Waals surface area contributed by atoms with Crippen LogP contribution in [0.2, 0.25) is 0 Å². The maximum absolute atomic E-state index is 13.4. The van der Waals surface area contributed by atoms with E-state index in [-0.39, 0.29) is 17.7 Å². The number of halogens is 2. The number of rotatable bonds is 4. The predicted octanol–water partition coefficient (Wildman–Crippen LogP) is 2.79. The zero-order valence-corrected chi connectivity index (χ0v) is 18.0. The smallest absolute Gasteiger partial charge is 0.282 e. The summed E-state index contributed by atoms with van der Waals surface area (Å²) in [6.45, 7) is 0.873. The lowest BCUT2D eigenvalue weighted by atomic mass is 9.93. The van der Waals surface area contributed by atoms with Gasteiger partial charge >= 0.3 is 0 Å². The molecule has 1 amide bonds. The van der Waals surface area contributed by atoms with Gasteiger partial charge in [-0.25, -0.2) is 13.8 Å². The van der Waals surface area contributed by atoms with Gasteiger partial charge in [-0.2, -0.15) is 14.6 Å². The minimum atomic E-state index is -2.76. The molecule has 3 fully saturated rings. The molecule has 6 rings (SSSR count). The third-order valence-electron chi connectivity index (χ3n) is 7.01. The maximum Gasteiger partial charge on any atom is 0.282 e. The fourth-order valence-electron chi connectivity index (χ4n) is 4.82. The Bertz CT molecular complexity index is 1240. The molecule has 0 bridgehead atoms. The first-order chi connectivity index (χ1) is 15.8. The third-order valence-corrected chi connectivity index (χ3v) is 7.01. The van der Waals surface area contributed by atoms with Gasteiger partial charge in [0.2, 0.25) is 5.95 Å². The number of nitrogens with two attached hydrogens (primary N) is 1. The normalized spacial score (nSPS) is 20.7. The van der Waals surface area contributed by atoms with Crippen molar-refractivity contribution < 1.29 is 13.6 Å². The van der Waals surface area contributed by atoms with E-state index in [0.29, 0.717) is 22.3 Å². The topological polar surface area (TPSA) is 105 Å². The lowest BCUT2D eigenvalue weighted by Crippen LogP contribution is -2.57. The number of carbonyl (C=O) groups is 1. The van der Waals surface area contributed by atoms with E-state index in [2.05, 4.69) is 25.3 Å². The van der Waals surface area contributed by atoms with E-state index in [1.54, 1.807) is 18.2 Å². The molecule has 0 atom stereocenters. The molecule has 11 heteroatoms. The summed E-state index contributed by atoms with van der Waals surface area (Å²) in [5.41, 5.74) is 8.86. The summed E-state index contributed by atoms with van der Waals surface area (Å²) in [5.74, 6) is -2.66. The Morgan fingerprint density at radius 2 is 1.82 bits per heavy atom. The summed E-state index contributed by atoms with van der Waals surface area (Å²) in [4.78, 5) is 25.4. The number of hydrogen-bond donors (Lipinski definition) is 2. The summed E-state index contributed by atoms with van der Waals surface area (Å²) >= 11 is 0. The van der Waals surface area contributed by atoms with Crippen molar-refractivity contribution >= 4 is 34.7 Å². The summed E-state index contributed by atoms with van der Waals surface area (Å²) in [5, 5.41) is 6.89. The van der Waals surface area contributed by atoms with Crippen LogP contribution >= 0.6 is 0 Å². The molecule has 2 saturated heterocycles.